The van der Waals surface area contributed by atoms with Crippen LogP contribution in [0.5, 0.6) is 5.75 Å². The van der Waals surface area contributed by atoms with Crippen molar-refractivity contribution in [2.75, 3.05) is 6.61 Å². The van der Waals surface area contributed by atoms with Crippen LogP contribution in [0.1, 0.15) is 31.5 Å². The maximum atomic E-state index is 12.5. The van der Waals surface area contributed by atoms with Crippen molar-refractivity contribution in [3.05, 3.63) is 41.7 Å². The Morgan fingerprint density at radius 1 is 1.13 bits per heavy atom. The molecule has 4 rings (SSSR count). The molecule has 0 radical (unpaired) electrons. The van der Waals surface area contributed by atoms with Gasteiger partial charge in [0.15, 0.2) is 0 Å². The van der Waals surface area contributed by atoms with Crippen molar-refractivity contribution in [1.82, 2.24) is 30.9 Å². The van der Waals surface area contributed by atoms with E-state index >= 15 is 0 Å². The van der Waals surface area contributed by atoms with Gasteiger partial charge in [0.2, 0.25) is 17.7 Å². The predicted molar refractivity (Wildman–Crippen MR) is 107 cm³/mol. The highest BCUT2D eigenvalue weighted by atomic mass is 16.5. The van der Waals surface area contributed by atoms with E-state index in [1.54, 1.807) is 36.9 Å². The van der Waals surface area contributed by atoms with E-state index < -0.39 is 18.0 Å². The van der Waals surface area contributed by atoms with Crippen molar-refractivity contribution in [2.24, 2.45) is 0 Å². The maximum absolute atomic E-state index is 12.5. The van der Waals surface area contributed by atoms with Gasteiger partial charge in [-0.2, -0.15) is 0 Å². The fraction of sp³-hybridized carbons (Fsp3) is 0.450. The lowest BCUT2D eigenvalue weighted by Crippen LogP contribution is -2.52. The van der Waals surface area contributed by atoms with Crippen molar-refractivity contribution in [1.29, 1.82) is 0 Å². The van der Waals surface area contributed by atoms with Crippen LogP contribution in [0.25, 0.3) is 0 Å². The van der Waals surface area contributed by atoms with E-state index in [1.807, 2.05) is 12.1 Å². The number of nitrogens with zero attached hydrogens (tertiary/aromatic N) is 3. The Kier molecular flexibility index (Phi) is 6.99. The molecular formula is C20H26N6O4. The lowest BCUT2D eigenvalue weighted by Gasteiger charge is -2.20. The smallest absolute Gasteiger partial charge is 0.243 e. The van der Waals surface area contributed by atoms with Gasteiger partial charge in [0, 0.05) is 0 Å². The van der Waals surface area contributed by atoms with Crippen molar-refractivity contribution in [3.8, 4) is 5.75 Å². The second-order valence-electron chi connectivity index (χ2n) is 7.12. The minimum Gasteiger partial charge on any atom is -0.492 e. The average Bonchev–Trinajstić information content (AvgIpc) is 3.18. The maximum Gasteiger partial charge on any atom is 0.243 e. The molecule has 10 heteroatoms. The molecule has 2 aromatic rings. The number of hydrogen-bond donors (Lipinski definition) is 3. The summed E-state index contributed by atoms with van der Waals surface area (Å²) in [5, 5.41) is 16.1. The van der Waals surface area contributed by atoms with Gasteiger partial charge in [0.05, 0.1) is 25.7 Å². The quantitative estimate of drug-likeness (QED) is 0.561. The van der Waals surface area contributed by atoms with Crippen LogP contribution in [0.15, 0.2) is 30.5 Å². The third kappa shape index (κ3) is 5.79. The van der Waals surface area contributed by atoms with Gasteiger partial charge in [-0.1, -0.05) is 24.3 Å². The largest absolute Gasteiger partial charge is 0.492 e. The summed E-state index contributed by atoms with van der Waals surface area (Å²) in [6.45, 7) is 4.47. The summed E-state index contributed by atoms with van der Waals surface area (Å²) in [5.41, 5.74) is 1.40. The number of carbonyl (C=O) groups is 3. The van der Waals surface area contributed by atoms with Crippen LogP contribution < -0.4 is 20.7 Å². The zero-order chi connectivity index (χ0) is 21.5. The molecule has 0 saturated carbocycles. The van der Waals surface area contributed by atoms with Gasteiger partial charge >= 0.3 is 0 Å². The zero-order valence-corrected chi connectivity index (χ0v) is 17.1. The van der Waals surface area contributed by atoms with Gasteiger partial charge in [0.1, 0.15) is 30.1 Å². The summed E-state index contributed by atoms with van der Waals surface area (Å²) in [6.07, 6.45) is 2.28. The van der Waals surface area contributed by atoms with Gasteiger partial charge in [-0.3, -0.25) is 14.4 Å². The van der Waals surface area contributed by atoms with E-state index in [4.69, 9.17) is 4.74 Å². The molecular weight excluding hydrogens is 388 g/mol. The van der Waals surface area contributed by atoms with Crippen molar-refractivity contribution >= 4 is 17.7 Å². The number of amides is 3. The highest BCUT2D eigenvalue weighted by Crippen LogP contribution is 2.13. The summed E-state index contributed by atoms with van der Waals surface area (Å²) in [5.74, 6) is -0.341. The fourth-order valence-electron chi connectivity index (χ4n) is 2.98. The Morgan fingerprint density at radius 2 is 1.90 bits per heavy atom. The Bertz CT molecular complexity index is 895. The van der Waals surface area contributed by atoms with E-state index in [2.05, 4.69) is 26.3 Å². The Morgan fingerprint density at radius 3 is 2.63 bits per heavy atom. The number of carbonyl (C=O) groups excluding carboxylic acids is 3. The summed E-state index contributed by atoms with van der Waals surface area (Å²) in [4.78, 5) is 37.1. The van der Waals surface area contributed by atoms with Crippen LogP contribution >= 0.6 is 0 Å². The number of benzene rings is 1. The Hall–Kier alpha value is -3.43. The zero-order valence-electron chi connectivity index (χ0n) is 17.1. The lowest BCUT2D eigenvalue weighted by molar-refractivity contribution is -0.131. The summed E-state index contributed by atoms with van der Waals surface area (Å²) in [6, 6.07) is 5.75. The number of hydrogen-bond acceptors (Lipinski definition) is 6. The van der Waals surface area contributed by atoms with Gasteiger partial charge in [0.25, 0.3) is 0 Å². The van der Waals surface area contributed by atoms with Crippen LogP contribution in [-0.4, -0.2) is 51.4 Å². The number of fused-ring (bicyclic) bond motifs is 13. The molecule has 3 heterocycles. The standard InChI is InChI=1S/C20H26N6O4/c1-3-17-20(29)22-13(2)19(28)21-11-15-12-26(25-24-15)8-9-30-16-6-4-14(5-7-16)10-18(27)23-17/h4-7,12-13,17H,3,8-11H2,1-2H3,(H,21,28)(H,22,29)(H,23,27)/t13-,17+/m1/s1. The molecule has 1 aromatic heterocycles. The summed E-state index contributed by atoms with van der Waals surface area (Å²) < 4.78 is 7.34. The second kappa shape index (κ2) is 9.86. The molecule has 0 fully saturated rings. The molecule has 160 valence electrons. The van der Waals surface area contributed by atoms with Gasteiger partial charge in [-0.15, -0.1) is 5.10 Å². The highest BCUT2D eigenvalue weighted by molar-refractivity contribution is 5.92. The molecule has 3 N–H and O–H groups in total. The number of rotatable bonds is 1. The second-order valence-corrected chi connectivity index (χ2v) is 7.12. The molecule has 1 aromatic carbocycles. The van der Waals surface area contributed by atoms with Crippen LogP contribution in [0.4, 0.5) is 0 Å². The van der Waals surface area contributed by atoms with E-state index in [9.17, 15) is 14.4 Å². The topological polar surface area (TPSA) is 127 Å². The normalized spacial score (nSPS) is 21.2. The molecule has 4 bridgehead atoms. The molecule has 3 amide bonds. The summed E-state index contributed by atoms with van der Waals surface area (Å²) >= 11 is 0. The third-order valence-corrected chi connectivity index (χ3v) is 4.72. The first-order valence-electron chi connectivity index (χ1n) is 9.92. The van der Waals surface area contributed by atoms with E-state index in [-0.39, 0.29) is 24.8 Å². The van der Waals surface area contributed by atoms with Crippen LogP contribution in [0, 0.1) is 0 Å². The number of ether oxygens (including phenoxy) is 1. The van der Waals surface area contributed by atoms with E-state index in [0.29, 0.717) is 31.0 Å². The van der Waals surface area contributed by atoms with Crippen LogP contribution in [0.2, 0.25) is 0 Å². The number of nitrogens with one attached hydrogen (secondary N) is 3. The fourth-order valence-corrected chi connectivity index (χ4v) is 2.98. The molecule has 2 atom stereocenters. The average molecular weight is 414 g/mol. The van der Waals surface area contributed by atoms with Gasteiger partial charge in [-0.05, 0) is 31.0 Å². The van der Waals surface area contributed by atoms with E-state index in [1.165, 1.54) is 0 Å². The van der Waals surface area contributed by atoms with Crippen LogP contribution in [-0.2, 0) is 33.9 Å². The predicted octanol–water partition coefficient (Wildman–Crippen LogP) is -0.0711. The first-order valence-corrected chi connectivity index (χ1v) is 9.92. The van der Waals surface area contributed by atoms with E-state index in [0.717, 1.165) is 5.56 Å². The lowest BCUT2D eigenvalue weighted by atomic mass is 10.1. The first-order chi connectivity index (χ1) is 14.4. The highest BCUT2D eigenvalue weighted by Gasteiger charge is 2.23. The van der Waals surface area contributed by atoms with Crippen LogP contribution in [0.3, 0.4) is 0 Å². The minimum atomic E-state index is -0.759. The molecule has 0 aliphatic carbocycles. The van der Waals surface area contributed by atoms with Crippen molar-refractivity contribution < 1.29 is 19.1 Å². The molecule has 10 nitrogen and oxygen atoms in total. The molecule has 0 saturated heterocycles. The molecule has 0 spiro atoms. The molecule has 2 aliphatic rings. The van der Waals surface area contributed by atoms with Crippen molar-refractivity contribution in [3.63, 3.8) is 0 Å². The minimum absolute atomic E-state index is 0.141. The van der Waals surface area contributed by atoms with Gasteiger partial charge < -0.3 is 20.7 Å². The molecule has 30 heavy (non-hydrogen) atoms. The summed E-state index contributed by atoms with van der Waals surface area (Å²) in [7, 11) is 0. The molecule has 2 aliphatic heterocycles. The Balaban J connectivity index is 1.75. The SMILES string of the molecule is CC[C@@H]1NC(=O)Cc2ccc(cc2)OCCn2cc(nn2)CNC(=O)[C@@H](C)NC1=O. The first kappa shape index (κ1) is 21.3. The third-order valence-electron chi connectivity index (χ3n) is 4.72. The van der Waals surface area contributed by atoms with Gasteiger partial charge in [-0.25, -0.2) is 4.68 Å². The van der Waals surface area contributed by atoms with Crippen molar-refractivity contribution in [2.45, 2.75) is 51.9 Å². The molecule has 0 unspecified atom stereocenters. The number of aromatic nitrogens is 3. The monoisotopic (exact) mass is 414 g/mol. The Labute approximate surface area is 174 Å².